The SMILES string of the molecule is CCCCCn1c(-c2ccccc2)nc2cc(C#N)ccc21. The average Bonchev–Trinajstić information content (AvgIpc) is 2.94. The maximum Gasteiger partial charge on any atom is 0.141 e. The summed E-state index contributed by atoms with van der Waals surface area (Å²) in [5.41, 5.74) is 3.78. The first-order valence-electron chi connectivity index (χ1n) is 7.79. The van der Waals surface area contributed by atoms with Gasteiger partial charge < -0.3 is 4.57 Å². The Bertz CT molecular complexity index is 810. The number of fused-ring (bicyclic) bond motifs is 1. The van der Waals surface area contributed by atoms with Crippen LogP contribution in [0.1, 0.15) is 31.7 Å². The van der Waals surface area contributed by atoms with Crippen LogP contribution in [0, 0.1) is 11.3 Å². The van der Waals surface area contributed by atoms with Gasteiger partial charge in [0.1, 0.15) is 5.82 Å². The molecule has 0 N–H and O–H groups in total. The molecule has 0 saturated heterocycles. The van der Waals surface area contributed by atoms with Crippen LogP contribution in [-0.4, -0.2) is 9.55 Å². The molecule has 110 valence electrons. The number of hydrogen-bond donors (Lipinski definition) is 0. The number of unbranched alkanes of at least 4 members (excludes halogenated alkanes) is 2. The van der Waals surface area contributed by atoms with Crippen molar-refractivity contribution >= 4 is 11.0 Å². The quantitative estimate of drug-likeness (QED) is 0.635. The van der Waals surface area contributed by atoms with Crippen LogP contribution >= 0.6 is 0 Å². The first-order chi connectivity index (χ1) is 10.8. The van der Waals surface area contributed by atoms with E-state index in [1.807, 2.05) is 36.4 Å². The van der Waals surface area contributed by atoms with Gasteiger partial charge in [0.05, 0.1) is 22.7 Å². The highest BCUT2D eigenvalue weighted by Gasteiger charge is 2.12. The molecule has 3 heteroatoms. The molecule has 0 aliphatic carbocycles. The van der Waals surface area contributed by atoms with Crippen LogP contribution in [-0.2, 0) is 6.54 Å². The van der Waals surface area contributed by atoms with Gasteiger partial charge in [-0.05, 0) is 24.6 Å². The van der Waals surface area contributed by atoms with Crippen molar-refractivity contribution in [3.05, 3.63) is 54.1 Å². The van der Waals surface area contributed by atoms with E-state index in [-0.39, 0.29) is 0 Å². The van der Waals surface area contributed by atoms with Gasteiger partial charge in [0.2, 0.25) is 0 Å². The fourth-order valence-corrected chi connectivity index (χ4v) is 2.75. The normalized spacial score (nSPS) is 10.7. The van der Waals surface area contributed by atoms with E-state index < -0.39 is 0 Å². The standard InChI is InChI=1S/C19H19N3/c1-2-3-7-12-22-18-11-10-15(14-20)13-17(18)21-19(22)16-8-5-4-6-9-16/h4-6,8-11,13H,2-3,7,12H2,1H3. The van der Waals surface area contributed by atoms with Crippen LogP contribution in [0.2, 0.25) is 0 Å². The molecular formula is C19H19N3. The molecule has 0 bridgehead atoms. The van der Waals surface area contributed by atoms with Gasteiger partial charge in [-0.3, -0.25) is 0 Å². The van der Waals surface area contributed by atoms with Crippen LogP contribution in [0.4, 0.5) is 0 Å². The summed E-state index contributed by atoms with van der Waals surface area (Å²) in [6, 6.07) is 18.2. The molecule has 0 fully saturated rings. The summed E-state index contributed by atoms with van der Waals surface area (Å²) in [4.78, 5) is 4.78. The topological polar surface area (TPSA) is 41.6 Å². The average molecular weight is 289 g/mol. The Labute approximate surface area is 130 Å². The van der Waals surface area contributed by atoms with Crippen LogP contribution < -0.4 is 0 Å². The van der Waals surface area contributed by atoms with Crippen molar-refractivity contribution < 1.29 is 0 Å². The molecule has 0 aliphatic rings. The zero-order valence-corrected chi connectivity index (χ0v) is 12.8. The Hall–Kier alpha value is -2.60. The molecule has 22 heavy (non-hydrogen) atoms. The molecule has 0 aliphatic heterocycles. The third-order valence-electron chi connectivity index (χ3n) is 3.89. The van der Waals surface area contributed by atoms with Crippen molar-refractivity contribution in [3.63, 3.8) is 0 Å². The lowest BCUT2D eigenvalue weighted by Crippen LogP contribution is -2.00. The van der Waals surface area contributed by atoms with Crippen molar-refractivity contribution in [1.29, 1.82) is 5.26 Å². The van der Waals surface area contributed by atoms with E-state index in [0.29, 0.717) is 5.56 Å². The lowest BCUT2D eigenvalue weighted by Gasteiger charge is -2.09. The minimum atomic E-state index is 0.658. The van der Waals surface area contributed by atoms with Crippen molar-refractivity contribution in [2.45, 2.75) is 32.7 Å². The molecule has 0 spiro atoms. The predicted molar refractivity (Wildman–Crippen MR) is 89.4 cm³/mol. The minimum Gasteiger partial charge on any atom is -0.324 e. The van der Waals surface area contributed by atoms with Crippen molar-refractivity contribution in [1.82, 2.24) is 9.55 Å². The van der Waals surface area contributed by atoms with Gasteiger partial charge in [0.25, 0.3) is 0 Å². The van der Waals surface area contributed by atoms with Crippen LogP contribution in [0.25, 0.3) is 22.4 Å². The van der Waals surface area contributed by atoms with E-state index in [0.717, 1.165) is 35.4 Å². The molecule has 1 heterocycles. The number of nitriles is 1. The van der Waals surface area contributed by atoms with Crippen molar-refractivity contribution in [3.8, 4) is 17.5 Å². The molecule has 1 aromatic heterocycles. The highest BCUT2D eigenvalue weighted by atomic mass is 15.1. The Kier molecular flexibility index (Phi) is 4.20. The molecule has 0 radical (unpaired) electrons. The summed E-state index contributed by atoms with van der Waals surface area (Å²) < 4.78 is 2.28. The molecule has 2 aromatic carbocycles. The fourth-order valence-electron chi connectivity index (χ4n) is 2.75. The van der Waals surface area contributed by atoms with Gasteiger partial charge >= 0.3 is 0 Å². The Balaban J connectivity index is 2.12. The molecular weight excluding hydrogens is 270 g/mol. The largest absolute Gasteiger partial charge is 0.324 e. The zero-order valence-electron chi connectivity index (χ0n) is 12.8. The Morgan fingerprint density at radius 3 is 2.64 bits per heavy atom. The third-order valence-corrected chi connectivity index (χ3v) is 3.89. The highest BCUT2D eigenvalue weighted by molar-refractivity contribution is 5.82. The number of hydrogen-bond acceptors (Lipinski definition) is 2. The maximum atomic E-state index is 9.08. The lowest BCUT2D eigenvalue weighted by atomic mass is 10.2. The minimum absolute atomic E-state index is 0.658. The van der Waals surface area contributed by atoms with Gasteiger partial charge in [0.15, 0.2) is 0 Å². The van der Waals surface area contributed by atoms with E-state index in [9.17, 15) is 0 Å². The molecule has 0 amide bonds. The van der Waals surface area contributed by atoms with Crippen molar-refractivity contribution in [2.75, 3.05) is 0 Å². The first-order valence-corrected chi connectivity index (χ1v) is 7.79. The van der Waals surface area contributed by atoms with Crippen LogP contribution in [0.5, 0.6) is 0 Å². The van der Waals surface area contributed by atoms with Gasteiger partial charge in [-0.25, -0.2) is 4.98 Å². The number of benzene rings is 2. The highest BCUT2D eigenvalue weighted by Crippen LogP contribution is 2.26. The summed E-state index contributed by atoms with van der Waals surface area (Å²) in [6.45, 7) is 3.17. The third kappa shape index (κ3) is 2.73. The second-order valence-electron chi connectivity index (χ2n) is 5.48. The number of rotatable bonds is 5. The zero-order chi connectivity index (χ0) is 15.4. The Morgan fingerprint density at radius 2 is 1.91 bits per heavy atom. The van der Waals surface area contributed by atoms with E-state index >= 15 is 0 Å². The fraction of sp³-hybridized carbons (Fsp3) is 0.263. The second kappa shape index (κ2) is 6.44. The van der Waals surface area contributed by atoms with E-state index in [2.05, 4.69) is 29.7 Å². The summed E-state index contributed by atoms with van der Waals surface area (Å²) in [5.74, 6) is 0.988. The van der Waals surface area contributed by atoms with Gasteiger partial charge in [-0.15, -0.1) is 0 Å². The van der Waals surface area contributed by atoms with Crippen LogP contribution in [0.15, 0.2) is 48.5 Å². The molecule has 3 nitrogen and oxygen atoms in total. The number of aryl methyl sites for hydroxylation is 1. The smallest absolute Gasteiger partial charge is 0.141 e. The predicted octanol–water partition coefficient (Wildman–Crippen LogP) is 4.77. The Morgan fingerprint density at radius 1 is 1.09 bits per heavy atom. The number of nitrogens with zero attached hydrogens (tertiary/aromatic N) is 3. The summed E-state index contributed by atoms with van der Waals surface area (Å²) >= 11 is 0. The van der Waals surface area contributed by atoms with Crippen LogP contribution in [0.3, 0.4) is 0 Å². The summed E-state index contributed by atoms with van der Waals surface area (Å²) in [6.07, 6.45) is 3.55. The summed E-state index contributed by atoms with van der Waals surface area (Å²) in [7, 11) is 0. The van der Waals surface area contributed by atoms with Gasteiger partial charge in [0, 0.05) is 12.1 Å². The van der Waals surface area contributed by atoms with Crippen molar-refractivity contribution in [2.24, 2.45) is 0 Å². The number of imidazole rings is 1. The molecule has 3 rings (SSSR count). The first kappa shape index (κ1) is 14.3. The lowest BCUT2D eigenvalue weighted by molar-refractivity contribution is 0.617. The molecule has 0 saturated carbocycles. The van der Waals surface area contributed by atoms with Gasteiger partial charge in [-0.2, -0.15) is 5.26 Å². The van der Waals surface area contributed by atoms with E-state index in [1.165, 1.54) is 12.8 Å². The monoisotopic (exact) mass is 289 g/mol. The molecule has 3 aromatic rings. The van der Waals surface area contributed by atoms with E-state index in [1.54, 1.807) is 0 Å². The maximum absolute atomic E-state index is 9.08. The summed E-state index contributed by atoms with van der Waals surface area (Å²) in [5, 5.41) is 9.08. The van der Waals surface area contributed by atoms with Gasteiger partial charge in [-0.1, -0.05) is 50.1 Å². The number of aromatic nitrogens is 2. The molecule has 0 atom stereocenters. The van der Waals surface area contributed by atoms with E-state index in [4.69, 9.17) is 10.2 Å². The second-order valence-corrected chi connectivity index (χ2v) is 5.48. The molecule has 0 unspecified atom stereocenters.